The largest absolute Gasteiger partial charge is 0.392 e. The van der Waals surface area contributed by atoms with Gasteiger partial charge >= 0.3 is 0 Å². The van der Waals surface area contributed by atoms with E-state index >= 15 is 0 Å². The highest BCUT2D eigenvalue weighted by Gasteiger charge is 2.07. The highest BCUT2D eigenvalue weighted by Crippen LogP contribution is 2.21. The number of rotatable bonds is 3. The van der Waals surface area contributed by atoms with Crippen molar-refractivity contribution in [3.05, 3.63) is 46.5 Å². The smallest absolute Gasteiger partial charge is 0.0685 e. The van der Waals surface area contributed by atoms with E-state index in [-0.39, 0.29) is 12.6 Å². The number of hydrogen-bond donors (Lipinski definition) is 2. The minimum Gasteiger partial charge on any atom is -0.392 e. The van der Waals surface area contributed by atoms with Crippen LogP contribution >= 0.6 is 15.9 Å². The van der Waals surface area contributed by atoms with Gasteiger partial charge in [0.25, 0.3) is 0 Å². The molecule has 1 unspecified atom stereocenters. The van der Waals surface area contributed by atoms with Crippen molar-refractivity contribution in [3.8, 4) is 0 Å². The summed E-state index contributed by atoms with van der Waals surface area (Å²) in [5, 5.41) is 9.08. The highest BCUT2D eigenvalue weighted by atomic mass is 79.9. The standard InChI is InChI=1S/C10H12BrNO/c1-2-10(12)9-4-3-8(11)5-7(9)6-13/h2-5,10,13H,1,6,12H2. The Morgan fingerprint density at radius 3 is 2.85 bits per heavy atom. The average Bonchev–Trinajstić information content (AvgIpc) is 2.16. The molecule has 0 aromatic heterocycles. The van der Waals surface area contributed by atoms with Gasteiger partial charge in [-0.05, 0) is 23.3 Å². The molecule has 1 rings (SSSR count). The van der Waals surface area contributed by atoms with Crippen molar-refractivity contribution in [2.45, 2.75) is 12.6 Å². The number of aliphatic hydroxyl groups is 1. The van der Waals surface area contributed by atoms with Crippen molar-refractivity contribution in [2.75, 3.05) is 0 Å². The Morgan fingerprint density at radius 1 is 1.62 bits per heavy atom. The third kappa shape index (κ3) is 2.40. The summed E-state index contributed by atoms with van der Waals surface area (Å²) in [7, 11) is 0. The molecule has 0 saturated carbocycles. The van der Waals surface area contributed by atoms with Gasteiger partial charge in [-0.2, -0.15) is 0 Å². The maximum atomic E-state index is 9.08. The van der Waals surface area contributed by atoms with Crippen LogP contribution in [0.3, 0.4) is 0 Å². The summed E-state index contributed by atoms with van der Waals surface area (Å²) in [5.74, 6) is 0. The monoisotopic (exact) mass is 241 g/mol. The minimum absolute atomic E-state index is 0.00366. The molecule has 70 valence electrons. The Kier molecular flexibility index (Phi) is 3.66. The second-order valence-electron chi connectivity index (χ2n) is 2.76. The van der Waals surface area contributed by atoms with E-state index in [1.807, 2.05) is 18.2 Å². The topological polar surface area (TPSA) is 46.2 Å². The van der Waals surface area contributed by atoms with E-state index in [1.165, 1.54) is 0 Å². The zero-order chi connectivity index (χ0) is 9.84. The molecular formula is C10H12BrNO. The predicted octanol–water partition coefficient (Wildman–Crippen LogP) is 2.13. The van der Waals surface area contributed by atoms with Gasteiger partial charge < -0.3 is 10.8 Å². The van der Waals surface area contributed by atoms with Gasteiger partial charge in [0.2, 0.25) is 0 Å². The van der Waals surface area contributed by atoms with Crippen LogP contribution in [0, 0.1) is 0 Å². The van der Waals surface area contributed by atoms with Gasteiger partial charge in [-0.3, -0.25) is 0 Å². The van der Waals surface area contributed by atoms with E-state index in [1.54, 1.807) is 6.08 Å². The van der Waals surface area contributed by atoms with Crippen LogP contribution in [-0.4, -0.2) is 5.11 Å². The summed E-state index contributed by atoms with van der Waals surface area (Å²) in [6.45, 7) is 3.61. The first kappa shape index (κ1) is 10.4. The molecule has 0 heterocycles. The zero-order valence-corrected chi connectivity index (χ0v) is 8.79. The molecule has 0 amide bonds. The Morgan fingerprint density at radius 2 is 2.31 bits per heavy atom. The molecule has 13 heavy (non-hydrogen) atoms. The van der Waals surface area contributed by atoms with E-state index in [0.29, 0.717) is 0 Å². The molecule has 1 aromatic rings. The van der Waals surface area contributed by atoms with Crippen LogP contribution in [0.2, 0.25) is 0 Å². The second-order valence-corrected chi connectivity index (χ2v) is 3.68. The first-order chi connectivity index (χ1) is 6.19. The number of halogens is 1. The Balaban J connectivity index is 3.12. The number of nitrogens with two attached hydrogens (primary N) is 1. The minimum atomic E-state index is -0.213. The average molecular weight is 242 g/mol. The third-order valence-corrected chi connectivity index (χ3v) is 2.38. The van der Waals surface area contributed by atoms with Crippen LogP contribution in [0.5, 0.6) is 0 Å². The van der Waals surface area contributed by atoms with Gasteiger partial charge in [-0.25, -0.2) is 0 Å². The fraction of sp³-hybridized carbons (Fsp3) is 0.200. The molecule has 0 bridgehead atoms. The van der Waals surface area contributed by atoms with E-state index in [4.69, 9.17) is 10.8 Å². The molecular weight excluding hydrogens is 230 g/mol. The molecule has 0 radical (unpaired) electrons. The lowest BCUT2D eigenvalue weighted by atomic mass is 10.0. The maximum Gasteiger partial charge on any atom is 0.0685 e. The van der Waals surface area contributed by atoms with Gasteiger partial charge in [0.15, 0.2) is 0 Å². The molecule has 3 heteroatoms. The van der Waals surface area contributed by atoms with Crippen LogP contribution in [-0.2, 0) is 6.61 Å². The Labute approximate surface area is 86.2 Å². The summed E-state index contributed by atoms with van der Waals surface area (Å²) in [4.78, 5) is 0. The summed E-state index contributed by atoms with van der Waals surface area (Å²) in [5.41, 5.74) is 7.53. The molecule has 0 aliphatic carbocycles. The SMILES string of the molecule is C=CC(N)c1ccc(Br)cc1CO. The van der Waals surface area contributed by atoms with Crippen molar-refractivity contribution in [2.24, 2.45) is 5.73 Å². The summed E-state index contributed by atoms with van der Waals surface area (Å²) >= 11 is 3.33. The normalized spacial score (nSPS) is 12.5. The summed E-state index contributed by atoms with van der Waals surface area (Å²) < 4.78 is 0.941. The molecule has 1 aromatic carbocycles. The lowest BCUT2D eigenvalue weighted by molar-refractivity contribution is 0.280. The molecule has 0 aliphatic rings. The zero-order valence-electron chi connectivity index (χ0n) is 7.20. The summed E-state index contributed by atoms with van der Waals surface area (Å²) in [6, 6.07) is 5.44. The third-order valence-electron chi connectivity index (χ3n) is 1.89. The van der Waals surface area contributed by atoms with Crippen LogP contribution in [0.15, 0.2) is 35.3 Å². The number of benzene rings is 1. The van der Waals surface area contributed by atoms with Gasteiger partial charge in [0, 0.05) is 10.5 Å². The molecule has 2 nitrogen and oxygen atoms in total. The van der Waals surface area contributed by atoms with Crippen LogP contribution in [0.25, 0.3) is 0 Å². The Bertz CT molecular complexity index is 312. The molecule has 1 atom stereocenters. The predicted molar refractivity (Wildman–Crippen MR) is 57.2 cm³/mol. The van der Waals surface area contributed by atoms with Crippen LogP contribution < -0.4 is 5.73 Å². The lowest BCUT2D eigenvalue weighted by Gasteiger charge is -2.11. The van der Waals surface area contributed by atoms with Crippen molar-refractivity contribution < 1.29 is 5.11 Å². The second kappa shape index (κ2) is 4.56. The van der Waals surface area contributed by atoms with Crippen molar-refractivity contribution in [3.63, 3.8) is 0 Å². The van der Waals surface area contributed by atoms with E-state index in [2.05, 4.69) is 22.5 Å². The van der Waals surface area contributed by atoms with Gasteiger partial charge in [-0.1, -0.05) is 28.1 Å². The number of aliphatic hydroxyl groups excluding tert-OH is 1. The fourth-order valence-electron chi connectivity index (χ4n) is 1.16. The van der Waals surface area contributed by atoms with Crippen molar-refractivity contribution in [1.29, 1.82) is 0 Å². The summed E-state index contributed by atoms with van der Waals surface area (Å²) in [6.07, 6.45) is 1.66. The van der Waals surface area contributed by atoms with E-state index < -0.39 is 0 Å². The highest BCUT2D eigenvalue weighted by molar-refractivity contribution is 9.10. The van der Waals surface area contributed by atoms with Crippen LogP contribution in [0.4, 0.5) is 0 Å². The van der Waals surface area contributed by atoms with Gasteiger partial charge in [0.1, 0.15) is 0 Å². The van der Waals surface area contributed by atoms with E-state index in [9.17, 15) is 0 Å². The molecule has 0 spiro atoms. The molecule has 0 aliphatic heterocycles. The number of hydrogen-bond acceptors (Lipinski definition) is 2. The Hall–Kier alpha value is -0.640. The molecule has 0 saturated heterocycles. The van der Waals surface area contributed by atoms with Crippen molar-refractivity contribution in [1.82, 2.24) is 0 Å². The van der Waals surface area contributed by atoms with Crippen molar-refractivity contribution >= 4 is 15.9 Å². The maximum absolute atomic E-state index is 9.08. The van der Waals surface area contributed by atoms with E-state index in [0.717, 1.165) is 15.6 Å². The van der Waals surface area contributed by atoms with Crippen LogP contribution in [0.1, 0.15) is 17.2 Å². The molecule has 0 fully saturated rings. The van der Waals surface area contributed by atoms with Gasteiger partial charge in [0.05, 0.1) is 6.61 Å². The van der Waals surface area contributed by atoms with Gasteiger partial charge in [-0.15, -0.1) is 6.58 Å². The fourth-order valence-corrected chi connectivity index (χ4v) is 1.57. The molecule has 3 N–H and O–H groups in total. The first-order valence-electron chi connectivity index (χ1n) is 3.96. The quantitative estimate of drug-likeness (QED) is 0.797. The lowest BCUT2D eigenvalue weighted by Crippen LogP contribution is -2.09. The first-order valence-corrected chi connectivity index (χ1v) is 4.75.